The van der Waals surface area contributed by atoms with Crippen molar-refractivity contribution in [3.05, 3.63) is 35.4 Å². The van der Waals surface area contributed by atoms with E-state index in [0.29, 0.717) is 0 Å². The first-order chi connectivity index (χ1) is 6.18. The lowest BCUT2D eigenvalue weighted by atomic mass is 10.0. The summed E-state index contributed by atoms with van der Waals surface area (Å²) in [6, 6.07) is 8.83. The predicted octanol–water partition coefficient (Wildman–Crippen LogP) is 3.97. The first-order valence-electron chi connectivity index (χ1n) is 5.24. The standard InChI is InChI=1S/C13H20/c1-11(2)6-4-8-13-9-5-7-12(3)10-13/h5,7,9-11H,4,6,8H2,1-3H3. The van der Waals surface area contributed by atoms with Gasteiger partial charge in [-0.05, 0) is 31.2 Å². The Bertz CT molecular complexity index is 248. The highest BCUT2D eigenvalue weighted by atomic mass is 14.0. The van der Waals surface area contributed by atoms with Crippen molar-refractivity contribution >= 4 is 0 Å². The summed E-state index contributed by atoms with van der Waals surface area (Å²) in [5.74, 6) is 0.838. The summed E-state index contributed by atoms with van der Waals surface area (Å²) in [6.07, 6.45) is 3.90. The van der Waals surface area contributed by atoms with Gasteiger partial charge < -0.3 is 0 Å². The molecule has 0 saturated carbocycles. The van der Waals surface area contributed by atoms with Crippen molar-refractivity contribution in [2.45, 2.75) is 40.0 Å². The van der Waals surface area contributed by atoms with E-state index in [1.54, 1.807) is 0 Å². The summed E-state index contributed by atoms with van der Waals surface area (Å²) >= 11 is 0. The lowest BCUT2D eigenvalue weighted by molar-refractivity contribution is 0.556. The Morgan fingerprint density at radius 3 is 2.62 bits per heavy atom. The zero-order valence-corrected chi connectivity index (χ0v) is 9.01. The molecule has 0 amide bonds. The van der Waals surface area contributed by atoms with Crippen molar-refractivity contribution in [3.63, 3.8) is 0 Å². The molecule has 0 atom stereocenters. The highest BCUT2D eigenvalue weighted by Crippen LogP contribution is 2.10. The van der Waals surface area contributed by atoms with E-state index in [1.807, 2.05) is 0 Å². The van der Waals surface area contributed by atoms with Gasteiger partial charge in [0.1, 0.15) is 0 Å². The maximum Gasteiger partial charge on any atom is -0.0279 e. The highest BCUT2D eigenvalue weighted by Gasteiger charge is 1.96. The fourth-order valence-corrected chi connectivity index (χ4v) is 1.58. The average molecular weight is 176 g/mol. The Balaban J connectivity index is 2.37. The third-order valence-corrected chi connectivity index (χ3v) is 2.33. The molecule has 0 N–H and O–H groups in total. The molecule has 0 aliphatic heterocycles. The molecule has 1 rings (SSSR count). The molecule has 0 heterocycles. The van der Waals surface area contributed by atoms with Gasteiger partial charge in [-0.1, -0.05) is 50.1 Å². The molecule has 0 aromatic heterocycles. The van der Waals surface area contributed by atoms with Crippen LogP contribution >= 0.6 is 0 Å². The Morgan fingerprint density at radius 1 is 1.23 bits per heavy atom. The van der Waals surface area contributed by atoms with Gasteiger partial charge in [0.05, 0.1) is 0 Å². The number of hydrogen-bond acceptors (Lipinski definition) is 0. The average Bonchev–Trinajstić information content (AvgIpc) is 2.03. The summed E-state index contributed by atoms with van der Waals surface area (Å²) in [6.45, 7) is 6.73. The van der Waals surface area contributed by atoms with E-state index < -0.39 is 0 Å². The van der Waals surface area contributed by atoms with Gasteiger partial charge in [-0.2, -0.15) is 0 Å². The van der Waals surface area contributed by atoms with Gasteiger partial charge in [-0.15, -0.1) is 0 Å². The Labute approximate surface area is 82.0 Å². The summed E-state index contributed by atoms with van der Waals surface area (Å²) in [7, 11) is 0. The van der Waals surface area contributed by atoms with E-state index in [1.165, 1.54) is 30.4 Å². The Hall–Kier alpha value is -0.780. The second-order valence-electron chi connectivity index (χ2n) is 4.28. The van der Waals surface area contributed by atoms with Crippen LogP contribution in [0.2, 0.25) is 0 Å². The molecule has 0 fully saturated rings. The normalized spacial score (nSPS) is 10.8. The van der Waals surface area contributed by atoms with Gasteiger partial charge in [0.15, 0.2) is 0 Å². The van der Waals surface area contributed by atoms with Crippen molar-refractivity contribution in [2.75, 3.05) is 0 Å². The summed E-state index contributed by atoms with van der Waals surface area (Å²) < 4.78 is 0. The molecule has 0 saturated heterocycles. The third kappa shape index (κ3) is 4.12. The van der Waals surface area contributed by atoms with E-state index in [-0.39, 0.29) is 0 Å². The van der Waals surface area contributed by atoms with Gasteiger partial charge in [-0.25, -0.2) is 0 Å². The zero-order valence-electron chi connectivity index (χ0n) is 9.01. The van der Waals surface area contributed by atoms with Gasteiger partial charge in [0.2, 0.25) is 0 Å². The first kappa shape index (κ1) is 10.3. The minimum Gasteiger partial charge on any atom is -0.0628 e. The topological polar surface area (TPSA) is 0 Å². The van der Waals surface area contributed by atoms with Crippen molar-refractivity contribution in [1.82, 2.24) is 0 Å². The lowest BCUT2D eigenvalue weighted by Crippen LogP contribution is -1.91. The van der Waals surface area contributed by atoms with Crippen molar-refractivity contribution in [3.8, 4) is 0 Å². The lowest BCUT2D eigenvalue weighted by Gasteiger charge is -2.04. The number of hydrogen-bond donors (Lipinski definition) is 0. The molecular weight excluding hydrogens is 156 g/mol. The maximum absolute atomic E-state index is 2.29. The molecular formula is C13H20. The second-order valence-corrected chi connectivity index (χ2v) is 4.28. The number of aryl methyl sites for hydroxylation is 2. The largest absolute Gasteiger partial charge is 0.0628 e. The van der Waals surface area contributed by atoms with Gasteiger partial charge in [-0.3, -0.25) is 0 Å². The molecule has 0 nitrogen and oxygen atoms in total. The van der Waals surface area contributed by atoms with Crippen LogP contribution in [-0.2, 0) is 6.42 Å². The molecule has 0 spiro atoms. The number of rotatable bonds is 4. The molecule has 0 bridgehead atoms. The van der Waals surface area contributed by atoms with Crippen LogP contribution in [0, 0.1) is 12.8 Å². The molecule has 0 aliphatic rings. The van der Waals surface area contributed by atoms with Gasteiger partial charge in [0.25, 0.3) is 0 Å². The predicted molar refractivity (Wildman–Crippen MR) is 59.0 cm³/mol. The Kier molecular flexibility index (Phi) is 4.01. The van der Waals surface area contributed by atoms with Crippen LogP contribution in [0.1, 0.15) is 37.8 Å². The van der Waals surface area contributed by atoms with Gasteiger partial charge in [0, 0.05) is 0 Å². The fourth-order valence-electron chi connectivity index (χ4n) is 1.58. The minimum atomic E-state index is 0.838. The van der Waals surface area contributed by atoms with Crippen molar-refractivity contribution < 1.29 is 0 Å². The SMILES string of the molecule is Cc1cccc(CCCC(C)C)c1. The van der Waals surface area contributed by atoms with Crippen LogP contribution in [0.5, 0.6) is 0 Å². The summed E-state index contributed by atoms with van der Waals surface area (Å²) in [5, 5.41) is 0. The summed E-state index contributed by atoms with van der Waals surface area (Å²) in [5.41, 5.74) is 2.86. The van der Waals surface area contributed by atoms with E-state index in [9.17, 15) is 0 Å². The smallest absolute Gasteiger partial charge is 0.0279 e. The van der Waals surface area contributed by atoms with Crippen LogP contribution in [0.25, 0.3) is 0 Å². The third-order valence-electron chi connectivity index (χ3n) is 2.33. The quantitative estimate of drug-likeness (QED) is 0.651. The van der Waals surface area contributed by atoms with Crippen LogP contribution in [-0.4, -0.2) is 0 Å². The van der Waals surface area contributed by atoms with E-state index >= 15 is 0 Å². The molecule has 0 aliphatic carbocycles. The molecule has 1 aromatic rings. The molecule has 0 radical (unpaired) electrons. The van der Waals surface area contributed by atoms with Crippen LogP contribution in [0.3, 0.4) is 0 Å². The minimum absolute atomic E-state index is 0.838. The van der Waals surface area contributed by atoms with E-state index in [4.69, 9.17) is 0 Å². The first-order valence-corrected chi connectivity index (χ1v) is 5.24. The molecule has 1 aromatic carbocycles. The Morgan fingerprint density at radius 2 is 2.00 bits per heavy atom. The molecule has 0 unspecified atom stereocenters. The van der Waals surface area contributed by atoms with Crippen molar-refractivity contribution in [1.29, 1.82) is 0 Å². The van der Waals surface area contributed by atoms with E-state index in [2.05, 4.69) is 45.0 Å². The van der Waals surface area contributed by atoms with Crippen LogP contribution < -0.4 is 0 Å². The maximum atomic E-state index is 2.29. The molecule has 13 heavy (non-hydrogen) atoms. The fraction of sp³-hybridized carbons (Fsp3) is 0.538. The highest BCUT2D eigenvalue weighted by molar-refractivity contribution is 5.22. The van der Waals surface area contributed by atoms with E-state index in [0.717, 1.165) is 5.92 Å². The zero-order chi connectivity index (χ0) is 9.68. The molecule has 72 valence electrons. The monoisotopic (exact) mass is 176 g/mol. The van der Waals surface area contributed by atoms with Crippen LogP contribution in [0.4, 0.5) is 0 Å². The second kappa shape index (κ2) is 5.06. The summed E-state index contributed by atoms with van der Waals surface area (Å²) in [4.78, 5) is 0. The van der Waals surface area contributed by atoms with Gasteiger partial charge >= 0.3 is 0 Å². The van der Waals surface area contributed by atoms with Crippen molar-refractivity contribution in [2.24, 2.45) is 5.92 Å². The number of benzene rings is 1. The molecule has 0 heteroatoms. The van der Waals surface area contributed by atoms with Crippen LogP contribution in [0.15, 0.2) is 24.3 Å².